The molecule has 0 unspecified atom stereocenters. The monoisotopic (exact) mass is 233 g/mol. The van der Waals surface area contributed by atoms with Gasteiger partial charge in [0.05, 0.1) is 23.6 Å². The third kappa shape index (κ3) is 2.54. The number of hydrogen-bond donors (Lipinski definition) is 2. The van der Waals surface area contributed by atoms with E-state index < -0.39 is 11.7 Å². The maximum atomic E-state index is 12.9. The summed E-state index contributed by atoms with van der Waals surface area (Å²) in [4.78, 5) is 19.1. The van der Waals surface area contributed by atoms with Crippen molar-refractivity contribution in [2.75, 3.05) is 5.32 Å². The first-order valence-corrected chi connectivity index (χ1v) is 4.71. The van der Waals surface area contributed by atoms with Gasteiger partial charge in [0.1, 0.15) is 17.9 Å². The summed E-state index contributed by atoms with van der Waals surface area (Å²) in [6, 6.07) is 3.14. The predicted molar refractivity (Wildman–Crippen MR) is 58.1 cm³/mol. The number of amides is 1. The molecular weight excluding hydrogens is 225 g/mol. The number of rotatable bonds is 2. The lowest BCUT2D eigenvalue weighted by Gasteiger charge is -2.05. The number of carbonyl (C=O) groups is 1. The van der Waals surface area contributed by atoms with E-state index in [9.17, 15) is 14.3 Å². The molecule has 0 radical (unpaired) electrons. The zero-order valence-electron chi connectivity index (χ0n) is 8.59. The maximum absolute atomic E-state index is 12.9. The number of phenols is 1. The molecule has 0 saturated carbocycles. The molecule has 1 amide bonds. The first-order chi connectivity index (χ1) is 8.16. The van der Waals surface area contributed by atoms with Crippen LogP contribution < -0.4 is 5.32 Å². The third-order valence-electron chi connectivity index (χ3n) is 2.02. The Balaban J connectivity index is 2.23. The van der Waals surface area contributed by atoms with Crippen LogP contribution in [0, 0.1) is 5.82 Å². The molecule has 1 aromatic heterocycles. The molecule has 0 atom stereocenters. The Kier molecular flexibility index (Phi) is 2.95. The molecule has 1 aromatic carbocycles. The highest BCUT2D eigenvalue weighted by Crippen LogP contribution is 2.19. The molecule has 2 N–H and O–H groups in total. The van der Waals surface area contributed by atoms with Crippen LogP contribution in [0.15, 0.2) is 36.9 Å². The summed E-state index contributed by atoms with van der Waals surface area (Å²) < 4.78 is 12.9. The van der Waals surface area contributed by atoms with Gasteiger partial charge in [-0.3, -0.25) is 4.79 Å². The number of nitrogens with zero attached hydrogens (tertiary/aromatic N) is 2. The molecular formula is C11H8FN3O2. The Bertz CT molecular complexity index is 546. The van der Waals surface area contributed by atoms with Crippen molar-refractivity contribution in [3.63, 3.8) is 0 Å². The summed E-state index contributed by atoms with van der Waals surface area (Å²) in [6.07, 6.45) is 4.10. The van der Waals surface area contributed by atoms with E-state index in [-0.39, 0.29) is 11.3 Å². The van der Waals surface area contributed by atoms with E-state index in [4.69, 9.17) is 0 Å². The van der Waals surface area contributed by atoms with Crippen LogP contribution >= 0.6 is 0 Å². The molecule has 0 aliphatic heterocycles. The van der Waals surface area contributed by atoms with E-state index in [0.29, 0.717) is 5.69 Å². The highest BCUT2D eigenvalue weighted by molar-refractivity contribution is 6.05. The third-order valence-corrected chi connectivity index (χ3v) is 2.02. The number of benzene rings is 1. The molecule has 0 fully saturated rings. The summed E-state index contributed by atoms with van der Waals surface area (Å²) in [7, 11) is 0. The van der Waals surface area contributed by atoms with Crippen molar-refractivity contribution in [3.8, 4) is 5.75 Å². The molecule has 0 spiro atoms. The Morgan fingerprint density at radius 1 is 1.29 bits per heavy atom. The highest BCUT2D eigenvalue weighted by atomic mass is 19.1. The van der Waals surface area contributed by atoms with Crippen molar-refractivity contribution in [2.24, 2.45) is 0 Å². The van der Waals surface area contributed by atoms with Crippen molar-refractivity contribution in [1.29, 1.82) is 0 Å². The molecule has 0 bridgehead atoms. The lowest BCUT2D eigenvalue weighted by Crippen LogP contribution is -2.12. The van der Waals surface area contributed by atoms with Crippen molar-refractivity contribution < 1.29 is 14.3 Å². The molecule has 86 valence electrons. The summed E-state index contributed by atoms with van der Waals surface area (Å²) in [5.74, 6) is -1.52. The minimum atomic E-state index is -0.628. The molecule has 5 nitrogen and oxygen atoms in total. The lowest BCUT2D eigenvalue weighted by atomic mass is 10.2. The molecule has 17 heavy (non-hydrogen) atoms. The minimum Gasteiger partial charge on any atom is -0.507 e. The summed E-state index contributed by atoms with van der Waals surface area (Å²) >= 11 is 0. The molecule has 2 rings (SSSR count). The topological polar surface area (TPSA) is 75.1 Å². The van der Waals surface area contributed by atoms with Gasteiger partial charge in [-0.05, 0) is 18.2 Å². The number of nitrogens with one attached hydrogen (secondary N) is 1. The quantitative estimate of drug-likeness (QED) is 0.825. The van der Waals surface area contributed by atoms with Crippen LogP contribution in [0.1, 0.15) is 10.4 Å². The van der Waals surface area contributed by atoms with Crippen molar-refractivity contribution >= 4 is 11.6 Å². The van der Waals surface area contributed by atoms with Gasteiger partial charge in [0, 0.05) is 0 Å². The van der Waals surface area contributed by atoms with Gasteiger partial charge >= 0.3 is 0 Å². The van der Waals surface area contributed by atoms with Gasteiger partial charge in [-0.15, -0.1) is 0 Å². The highest BCUT2D eigenvalue weighted by Gasteiger charge is 2.12. The normalized spacial score (nSPS) is 9.94. The van der Waals surface area contributed by atoms with E-state index in [1.165, 1.54) is 18.7 Å². The van der Waals surface area contributed by atoms with E-state index in [2.05, 4.69) is 15.3 Å². The van der Waals surface area contributed by atoms with Crippen LogP contribution in [-0.2, 0) is 0 Å². The van der Waals surface area contributed by atoms with E-state index in [0.717, 1.165) is 18.2 Å². The molecule has 2 aromatic rings. The molecule has 0 aliphatic rings. The number of aromatic hydroxyl groups is 1. The van der Waals surface area contributed by atoms with Gasteiger partial charge in [-0.25, -0.2) is 14.4 Å². The van der Waals surface area contributed by atoms with Crippen LogP contribution in [0.2, 0.25) is 0 Å². The Morgan fingerprint density at radius 2 is 2.00 bits per heavy atom. The number of carbonyl (C=O) groups excluding carboxylic acids is 1. The van der Waals surface area contributed by atoms with E-state index in [1.807, 2.05) is 0 Å². The van der Waals surface area contributed by atoms with E-state index in [1.54, 1.807) is 0 Å². The van der Waals surface area contributed by atoms with Gasteiger partial charge in [-0.1, -0.05) is 0 Å². The zero-order chi connectivity index (χ0) is 12.3. The second kappa shape index (κ2) is 4.56. The Morgan fingerprint density at radius 3 is 2.71 bits per heavy atom. The zero-order valence-corrected chi connectivity index (χ0v) is 8.59. The first kappa shape index (κ1) is 11.0. The standard InChI is InChI=1S/C11H8FN3O2/c12-7-1-2-10(16)9(3-7)11(17)15-8-4-13-6-14-5-8/h1-6,16H,(H,15,17). The van der Waals surface area contributed by atoms with Crippen LogP contribution in [0.4, 0.5) is 10.1 Å². The minimum absolute atomic E-state index is 0.145. The maximum Gasteiger partial charge on any atom is 0.259 e. The van der Waals surface area contributed by atoms with Gasteiger partial charge < -0.3 is 10.4 Å². The smallest absolute Gasteiger partial charge is 0.259 e. The summed E-state index contributed by atoms with van der Waals surface area (Å²) in [6.45, 7) is 0. The van der Waals surface area contributed by atoms with Crippen LogP contribution in [0.3, 0.4) is 0 Å². The number of phenolic OH excluding ortho intramolecular Hbond substituents is 1. The van der Waals surface area contributed by atoms with Crippen molar-refractivity contribution in [1.82, 2.24) is 9.97 Å². The second-order valence-electron chi connectivity index (χ2n) is 3.24. The Labute approximate surface area is 96.0 Å². The summed E-state index contributed by atoms with van der Waals surface area (Å²) in [5, 5.41) is 11.9. The average Bonchev–Trinajstić information content (AvgIpc) is 2.33. The fourth-order valence-corrected chi connectivity index (χ4v) is 1.25. The SMILES string of the molecule is O=C(Nc1cncnc1)c1cc(F)ccc1O. The van der Waals surface area contributed by atoms with E-state index >= 15 is 0 Å². The van der Waals surface area contributed by atoms with Gasteiger partial charge in [-0.2, -0.15) is 0 Å². The fraction of sp³-hybridized carbons (Fsp3) is 0. The fourth-order valence-electron chi connectivity index (χ4n) is 1.25. The largest absolute Gasteiger partial charge is 0.507 e. The van der Waals surface area contributed by atoms with Crippen LogP contribution in [0.25, 0.3) is 0 Å². The van der Waals surface area contributed by atoms with Crippen LogP contribution in [0.5, 0.6) is 5.75 Å². The number of hydrogen-bond acceptors (Lipinski definition) is 4. The number of aromatic nitrogens is 2. The van der Waals surface area contributed by atoms with Gasteiger partial charge in [0.25, 0.3) is 5.91 Å². The number of anilines is 1. The molecule has 0 aliphatic carbocycles. The van der Waals surface area contributed by atoms with Crippen LogP contribution in [-0.4, -0.2) is 21.0 Å². The van der Waals surface area contributed by atoms with Gasteiger partial charge in [0.2, 0.25) is 0 Å². The number of halogens is 1. The predicted octanol–water partition coefficient (Wildman–Crippen LogP) is 1.57. The molecule has 0 saturated heterocycles. The van der Waals surface area contributed by atoms with Crippen molar-refractivity contribution in [2.45, 2.75) is 0 Å². The lowest BCUT2D eigenvalue weighted by molar-refractivity contribution is 0.102. The Hall–Kier alpha value is -2.50. The molecule has 1 heterocycles. The first-order valence-electron chi connectivity index (χ1n) is 4.71. The second-order valence-corrected chi connectivity index (χ2v) is 3.24. The van der Waals surface area contributed by atoms with Crippen molar-refractivity contribution in [3.05, 3.63) is 48.3 Å². The molecule has 6 heteroatoms. The summed E-state index contributed by atoms with van der Waals surface area (Å²) in [5.41, 5.74) is 0.218. The van der Waals surface area contributed by atoms with Gasteiger partial charge in [0.15, 0.2) is 0 Å². The average molecular weight is 233 g/mol.